The van der Waals surface area contributed by atoms with E-state index in [1.807, 2.05) is 0 Å². The Balaban J connectivity index is 1.25. The van der Waals surface area contributed by atoms with Crippen LogP contribution in [0, 0.1) is 5.92 Å². The first-order valence-corrected chi connectivity index (χ1v) is 15.2. The number of aromatic nitrogens is 1. The second kappa shape index (κ2) is 11.7. The van der Waals surface area contributed by atoms with Crippen molar-refractivity contribution in [3.05, 3.63) is 74.2 Å². The number of carbonyl (C=O) groups excluding carboxylic acids is 4. The number of amides is 3. The number of nitrogens with one attached hydrogen (secondary N) is 1. The van der Waals surface area contributed by atoms with E-state index in [0.717, 1.165) is 21.8 Å². The van der Waals surface area contributed by atoms with E-state index in [4.69, 9.17) is 14.2 Å². The maximum Gasteiger partial charge on any atom is 0.338 e. The van der Waals surface area contributed by atoms with Crippen LogP contribution in [0.1, 0.15) is 33.6 Å². The average Bonchev–Trinajstić information content (AvgIpc) is 3.50. The van der Waals surface area contributed by atoms with Crippen LogP contribution in [0.2, 0.25) is 0 Å². The van der Waals surface area contributed by atoms with Crippen LogP contribution >= 0.6 is 23.1 Å². The van der Waals surface area contributed by atoms with E-state index in [0.29, 0.717) is 53.2 Å². The molecule has 3 aromatic rings. The normalized spacial score (nSPS) is 21.6. The Bertz CT molecular complexity index is 1580. The maximum atomic E-state index is 13.9. The first kappa shape index (κ1) is 28.2. The fourth-order valence-electron chi connectivity index (χ4n) is 5.41. The van der Waals surface area contributed by atoms with Gasteiger partial charge in [0.25, 0.3) is 5.91 Å². The summed E-state index contributed by atoms with van der Waals surface area (Å²) in [6.45, 7) is 3.92. The number of imide groups is 1. The highest BCUT2D eigenvalue weighted by molar-refractivity contribution is 8.00. The summed E-state index contributed by atoms with van der Waals surface area (Å²) in [5.74, 6) is -2.18. The lowest BCUT2D eigenvalue weighted by Gasteiger charge is -2.30. The summed E-state index contributed by atoms with van der Waals surface area (Å²) in [5, 5.41) is -0.166. The Morgan fingerprint density at radius 3 is 2.40 bits per heavy atom. The van der Waals surface area contributed by atoms with Crippen molar-refractivity contribution in [2.75, 3.05) is 44.4 Å². The number of hydrogen-bond acceptors (Lipinski definition) is 10. The van der Waals surface area contributed by atoms with Crippen molar-refractivity contribution in [1.82, 2.24) is 9.88 Å². The van der Waals surface area contributed by atoms with Crippen LogP contribution in [-0.2, 0) is 23.9 Å². The Labute approximate surface area is 248 Å². The fourth-order valence-corrected chi connectivity index (χ4v) is 7.93. The number of H-pyrrole nitrogens is 1. The molecule has 3 atom stereocenters. The standard InChI is InChI=1S/C29H27N3O8S2/c1-2-39-28(36)17-3-7-18(8-4-17)32-26(34)22-21(23-25(30-29(37)42-23)41-24(22)27(32)35)16-5-9-19(10-6-16)40-15-20(33)31-11-13-38-14-12-31/h3-10,21-22,24H,2,11-15H2,1H3,(H,30,37). The third-order valence-corrected chi connectivity index (χ3v) is 9.83. The molecule has 3 aliphatic heterocycles. The summed E-state index contributed by atoms with van der Waals surface area (Å²) in [4.78, 5) is 70.5. The Kier molecular flexibility index (Phi) is 7.88. The van der Waals surface area contributed by atoms with Crippen LogP contribution in [0.4, 0.5) is 5.69 Å². The van der Waals surface area contributed by atoms with Crippen molar-refractivity contribution >= 4 is 52.5 Å². The Morgan fingerprint density at radius 1 is 1.00 bits per heavy atom. The van der Waals surface area contributed by atoms with Crippen molar-refractivity contribution in [2.24, 2.45) is 5.92 Å². The number of morpholine rings is 1. The second-order valence-electron chi connectivity index (χ2n) is 9.88. The molecule has 1 aromatic heterocycles. The minimum atomic E-state index is -0.749. The predicted octanol–water partition coefficient (Wildman–Crippen LogP) is 2.65. The number of nitrogens with zero attached hydrogens (tertiary/aromatic N) is 2. The first-order valence-electron chi connectivity index (χ1n) is 13.5. The average molecular weight is 610 g/mol. The largest absolute Gasteiger partial charge is 0.484 e. The minimum absolute atomic E-state index is 0.107. The van der Waals surface area contributed by atoms with Gasteiger partial charge in [-0.05, 0) is 48.9 Å². The van der Waals surface area contributed by atoms with Crippen molar-refractivity contribution in [1.29, 1.82) is 0 Å². The summed E-state index contributed by atoms with van der Waals surface area (Å²) >= 11 is 2.22. The Morgan fingerprint density at radius 2 is 1.71 bits per heavy atom. The highest BCUT2D eigenvalue weighted by Crippen LogP contribution is 2.53. The molecule has 3 amide bonds. The topological polar surface area (TPSA) is 135 Å². The molecule has 2 saturated heterocycles. The third-order valence-electron chi connectivity index (χ3n) is 7.43. The van der Waals surface area contributed by atoms with Gasteiger partial charge in [-0.15, -0.1) is 0 Å². The molecule has 6 rings (SSSR count). The third kappa shape index (κ3) is 5.23. The van der Waals surface area contributed by atoms with Gasteiger partial charge in [-0.1, -0.05) is 35.2 Å². The molecule has 42 heavy (non-hydrogen) atoms. The molecule has 1 N–H and O–H groups in total. The molecule has 3 aliphatic rings. The van der Waals surface area contributed by atoms with Crippen LogP contribution in [0.5, 0.6) is 5.75 Å². The number of benzene rings is 2. The van der Waals surface area contributed by atoms with Gasteiger partial charge in [0.15, 0.2) is 6.61 Å². The molecule has 3 unspecified atom stereocenters. The SMILES string of the molecule is CCOC(=O)c1ccc(N2C(=O)C3Sc4[nH]c(=O)sc4C(c4ccc(OCC(=O)N5CCOCC5)cc4)C3C2=O)cc1. The van der Waals surface area contributed by atoms with E-state index in [1.165, 1.54) is 23.9 Å². The number of esters is 1. The number of rotatable bonds is 7. The molecule has 0 saturated carbocycles. The van der Waals surface area contributed by atoms with Crippen LogP contribution in [-0.4, -0.2) is 78.3 Å². The smallest absolute Gasteiger partial charge is 0.338 e. The molecule has 218 valence electrons. The van der Waals surface area contributed by atoms with Crippen LogP contribution < -0.4 is 14.5 Å². The van der Waals surface area contributed by atoms with Gasteiger partial charge in [0, 0.05) is 23.9 Å². The van der Waals surface area contributed by atoms with Gasteiger partial charge < -0.3 is 24.1 Å². The van der Waals surface area contributed by atoms with Gasteiger partial charge in [0.1, 0.15) is 11.0 Å². The van der Waals surface area contributed by atoms with Crippen molar-refractivity contribution in [3.8, 4) is 5.75 Å². The zero-order valence-electron chi connectivity index (χ0n) is 22.6. The van der Waals surface area contributed by atoms with E-state index < -0.39 is 23.1 Å². The highest BCUT2D eigenvalue weighted by Gasteiger charge is 2.56. The lowest BCUT2D eigenvalue weighted by molar-refractivity contribution is -0.137. The number of ether oxygens (including phenoxy) is 3. The summed E-state index contributed by atoms with van der Waals surface area (Å²) in [5.41, 5.74) is 1.42. The van der Waals surface area contributed by atoms with Gasteiger partial charge in [-0.25, -0.2) is 9.69 Å². The Hall–Kier alpha value is -3.94. The number of carbonyl (C=O) groups is 4. The number of fused-ring (bicyclic) bond motifs is 2. The fraction of sp³-hybridized carbons (Fsp3) is 0.345. The van der Waals surface area contributed by atoms with Crippen LogP contribution in [0.15, 0.2) is 58.4 Å². The molecule has 0 spiro atoms. The molecule has 0 bridgehead atoms. The van der Waals surface area contributed by atoms with E-state index in [-0.39, 0.29) is 35.8 Å². The molecule has 0 radical (unpaired) electrons. The maximum absolute atomic E-state index is 13.9. The number of aromatic amines is 1. The molecular formula is C29H27N3O8S2. The van der Waals surface area contributed by atoms with Gasteiger partial charge in [0.2, 0.25) is 11.8 Å². The van der Waals surface area contributed by atoms with Gasteiger partial charge in [0.05, 0.1) is 42.0 Å². The summed E-state index contributed by atoms with van der Waals surface area (Å²) in [6, 6.07) is 13.2. The van der Waals surface area contributed by atoms with Crippen molar-refractivity contribution in [3.63, 3.8) is 0 Å². The minimum Gasteiger partial charge on any atom is -0.484 e. The zero-order chi connectivity index (χ0) is 29.4. The summed E-state index contributed by atoms with van der Waals surface area (Å²) in [6.07, 6.45) is 0. The predicted molar refractivity (Wildman–Crippen MR) is 154 cm³/mol. The second-order valence-corrected chi connectivity index (χ2v) is 12.0. The number of thiazole rings is 1. The highest BCUT2D eigenvalue weighted by atomic mass is 32.2. The van der Waals surface area contributed by atoms with Gasteiger partial charge >= 0.3 is 10.8 Å². The van der Waals surface area contributed by atoms with E-state index in [2.05, 4.69) is 4.98 Å². The molecular weight excluding hydrogens is 582 g/mol. The van der Waals surface area contributed by atoms with Crippen molar-refractivity contribution in [2.45, 2.75) is 23.1 Å². The lowest BCUT2D eigenvalue weighted by Crippen LogP contribution is -2.42. The molecule has 11 nitrogen and oxygen atoms in total. The van der Waals surface area contributed by atoms with Gasteiger partial charge in [-0.3, -0.25) is 19.2 Å². The van der Waals surface area contributed by atoms with Crippen LogP contribution in [0.3, 0.4) is 0 Å². The van der Waals surface area contributed by atoms with E-state index in [9.17, 15) is 24.0 Å². The van der Waals surface area contributed by atoms with Crippen LogP contribution in [0.25, 0.3) is 0 Å². The molecule has 2 fully saturated rings. The number of anilines is 1. The molecule has 13 heteroatoms. The molecule has 2 aromatic carbocycles. The first-order chi connectivity index (χ1) is 20.4. The monoisotopic (exact) mass is 609 g/mol. The number of hydrogen-bond donors (Lipinski definition) is 1. The quantitative estimate of drug-likeness (QED) is 0.317. The zero-order valence-corrected chi connectivity index (χ0v) is 24.2. The summed E-state index contributed by atoms with van der Waals surface area (Å²) < 4.78 is 16.0. The molecule has 0 aliphatic carbocycles. The van der Waals surface area contributed by atoms with E-state index >= 15 is 0 Å². The van der Waals surface area contributed by atoms with Crippen molar-refractivity contribution < 1.29 is 33.4 Å². The summed E-state index contributed by atoms with van der Waals surface area (Å²) in [7, 11) is 0. The van der Waals surface area contributed by atoms with E-state index in [1.54, 1.807) is 48.2 Å². The number of thioether (sulfide) groups is 1. The molecule has 4 heterocycles. The van der Waals surface area contributed by atoms with Gasteiger partial charge in [-0.2, -0.15) is 0 Å². The lowest BCUT2D eigenvalue weighted by atomic mass is 9.83.